The summed E-state index contributed by atoms with van der Waals surface area (Å²) in [5.41, 5.74) is 0.858. The fourth-order valence-electron chi connectivity index (χ4n) is 1.84. The molecule has 0 unspecified atom stereocenters. The van der Waals surface area contributed by atoms with Crippen LogP contribution in [0, 0.1) is 0 Å². The van der Waals surface area contributed by atoms with Gasteiger partial charge in [0.15, 0.2) is 5.69 Å². The molecule has 1 N–H and O–H groups in total. The number of fused-ring (bicyclic) bond motifs is 1. The molecule has 2 heterocycles. The van der Waals surface area contributed by atoms with Crippen LogP contribution in [0.2, 0.25) is 0 Å². The Morgan fingerprint density at radius 3 is 2.95 bits per heavy atom. The van der Waals surface area contributed by atoms with E-state index in [-0.39, 0.29) is 5.69 Å². The van der Waals surface area contributed by atoms with Gasteiger partial charge < -0.3 is 5.11 Å². The Morgan fingerprint density at radius 2 is 2.14 bits per heavy atom. The number of carboxylic acid groups (broad SMARTS) is 1. The van der Waals surface area contributed by atoms with Crippen molar-refractivity contribution in [2.24, 2.45) is 0 Å². The normalized spacial score (nSPS) is 10.9. The quantitative estimate of drug-likeness (QED) is 0.566. The van der Waals surface area contributed by atoms with Crippen molar-refractivity contribution in [3.63, 3.8) is 0 Å². The van der Waals surface area contributed by atoms with Crippen LogP contribution in [0.4, 0.5) is 0 Å². The molecule has 1 aromatic carbocycles. The van der Waals surface area contributed by atoms with Crippen LogP contribution >= 0.6 is 11.8 Å². The Bertz CT molecular complexity index is 784. The first-order valence-electron chi connectivity index (χ1n) is 6.20. The van der Waals surface area contributed by atoms with Gasteiger partial charge in [0.1, 0.15) is 11.4 Å². The van der Waals surface area contributed by atoms with E-state index in [0.29, 0.717) is 12.3 Å². The number of thioether (sulfide) groups is 1. The molecule has 3 aromatic rings. The number of aryl methyl sites for hydroxylation is 1. The molecule has 3 rings (SSSR count). The number of para-hydroxylation sites is 1. The number of benzene rings is 1. The standard InChI is InChI=1S/C13H11N5O2S/c19-13(20)11-7-18(17-16-11)5-6-21-12-9-3-1-2-4-10(9)14-8-15-12/h1-4,7-8H,5-6H2,(H,19,20). The lowest BCUT2D eigenvalue weighted by Gasteiger charge is -2.04. The van der Waals surface area contributed by atoms with Gasteiger partial charge in [0.2, 0.25) is 0 Å². The molecule has 106 valence electrons. The van der Waals surface area contributed by atoms with Gasteiger partial charge in [-0.25, -0.2) is 14.8 Å². The number of nitrogens with zero attached hydrogens (tertiary/aromatic N) is 5. The van der Waals surface area contributed by atoms with E-state index in [1.807, 2.05) is 24.3 Å². The van der Waals surface area contributed by atoms with Gasteiger partial charge in [-0.3, -0.25) is 4.68 Å². The monoisotopic (exact) mass is 301 g/mol. The Hall–Kier alpha value is -2.48. The fourth-order valence-corrected chi connectivity index (χ4v) is 2.76. The third-order valence-electron chi connectivity index (χ3n) is 2.82. The summed E-state index contributed by atoms with van der Waals surface area (Å²) in [5, 5.41) is 18.0. The van der Waals surface area contributed by atoms with E-state index < -0.39 is 5.97 Å². The minimum Gasteiger partial charge on any atom is -0.476 e. The van der Waals surface area contributed by atoms with Gasteiger partial charge >= 0.3 is 5.97 Å². The van der Waals surface area contributed by atoms with Gasteiger partial charge in [0, 0.05) is 11.1 Å². The van der Waals surface area contributed by atoms with Crippen LogP contribution < -0.4 is 0 Å². The summed E-state index contributed by atoms with van der Waals surface area (Å²) in [7, 11) is 0. The van der Waals surface area contributed by atoms with Crippen LogP contribution in [0.5, 0.6) is 0 Å². The van der Waals surface area contributed by atoms with E-state index in [0.717, 1.165) is 15.9 Å². The summed E-state index contributed by atoms with van der Waals surface area (Å²) in [6, 6.07) is 7.81. The molecule has 0 atom stereocenters. The highest BCUT2D eigenvalue weighted by molar-refractivity contribution is 7.99. The summed E-state index contributed by atoms with van der Waals surface area (Å²) in [6.07, 6.45) is 2.96. The molecule has 0 aliphatic rings. The van der Waals surface area contributed by atoms with E-state index in [1.54, 1.807) is 18.1 Å². The molecular formula is C13H11N5O2S. The second-order valence-electron chi connectivity index (χ2n) is 4.22. The first-order valence-corrected chi connectivity index (χ1v) is 7.18. The number of aromatic carboxylic acids is 1. The number of aromatic nitrogens is 5. The first-order chi connectivity index (χ1) is 10.2. The van der Waals surface area contributed by atoms with E-state index in [4.69, 9.17) is 5.11 Å². The van der Waals surface area contributed by atoms with Gasteiger partial charge in [-0.15, -0.1) is 16.9 Å². The van der Waals surface area contributed by atoms with Crippen molar-refractivity contribution < 1.29 is 9.90 Å². The molecule has 0 radical (unpaired) electrons. The van der Waals surface area contributed by atoms with Crippen molar-refractivity contribution in [1.29, 1.82) is 0 Å². The van der Waals surface area contributed by atoms with Crippen molar-refractivity contribution in [2.75, 3.05) is 5.75 Å². The average Bonchev–Trinajstić information content (AvgIpc) is 2.97. The minimum atomic E-state index is -1.07. The second kappa shape index (κ2) is 5.88. The van der Waals surface area contributed by atoms with Crippen LogP contribution in [0.1, 0.15) is 10.5 Å². The molecule has 0 aliphatic heterocycles. The summed E-state index contributed by atoms with van der Waals surface area (Å²) in [5.74, 6) is -0.362. The highest BCUT2D eigenvalue weighted by atomic mass is 32.2. The zero-order valence-corrected chi connectivity index (χ0v) is 11.7. The smallest absolute Gasteiger partial charge is 0.358 e. The van der Waals surface area contributed by atoms with Crippen molar-refractivity contribution in [1.82, 2.24) is 25.0 Å². The molecule has 0 fully saturated rings. The third kappa shape index (κ3) is 3.00. The maximum atomic E-state index is 10.7. The summed E-state index contributed by atoms with van der Waals surface area (Å²) >= 11 is 1.58. The van der Waals surface area contributed by atoms with Crippen molar-refractivity contribution in [3.8, 4) is 0 Å². The molecular weight excluding hydrogens is 290 g/mol. The van der Waals surface area contributed by atoms with Crippen LogP contribution in [0.3, 0.4) is 0 Å². The topological polar surface area (TPSA) is 93.8 Å². The maximum Gasteiger partial charge on any atom is 0.358 e. The SMILES string of the molecule is O=C(O)c1cn(CCSc2ncnc3ccccc23)nn1. The molecule has 21 heavy (non-hydrogen) atoms. The number of hydrogen-bond donors (Lipinski definition) is 1. The molecule has 2 aromatic heterocycles. The van der Waals surface area contributed by atoms with Gasteiger partial charge in [-0.1, -0.05) is 23.4 Å². The largest absolute Gasteiger partial charge is 0.476 e. The maximum absolute atomic E-state index is 10.7. The van der Waals surface area contributed by atoms with Gasteiger partial charge in [-0.2, -0.15) is 0 Å². The minimum absolute atomic E-state index is 0.0486. The Balaban J connectivity index is 1.68. The van der Waals surface area contributed by atoms with E-state index >= 15 is 0 Å². The van der Waals surface area contributed by atoms with Crippen LogP contribution in [-0.4, -0.2) is 41.8 Å². The molecule has 0 aliphatic carbocycles. The summed E-state index contributed by atoms with van der Waals surface area (Å²) < 4.78 is 1.51. The predicted octanol–water partition coefficient (Wildman–Crippen LogP) is 1.71. The molecule has 0 saturated heterocycles. The van der Waals surface area contributed by atoms with Crippen molar-refractivity contribution in [3.05, 3.63) is 42.5 Å². The van der Waals surface area contributed by atoms with E-state index in [2.05, 4.69) is 20.3 Å². The molecule has 0 bridgehead atoms. The number of carbonyl (C=O) groups is 1. The van der Waals surface area contributed by atoms with E-state index in [1.165, 1.54) is 10.9 Å². The lowest BCUT2D eigenvalue weighted by molar-refractivity contribution is 0.0690. The van der Waals surface area contributed by atoms with Gasteiger partial charge in [-0.05, 0) is 6.07 Å². The Morgan fingerprint density at radius 1 is 1.29 bits per heavy atom. The zero-order valence-electron chi connectivity index (χ0n) is 10.9. The van der Waals surface area contributed by atoms with E-state index in [9.17, 15) is 4.79 Å². The molecule has 0 amide bonds. The fraction of sp³-hybridized carbons (Fsp3) is 0.154. The summed E-state index contributed by atoms with van der Waals surface area (Å²) in [6.45, 7) is 0.559. The number of hydrogen-bond acceptors (Lipinski definition) is 6. The zero-order chi connectivity index (χ0) is 14.7. The third-order valence-corrected chi connectivity index (χ3v) is 3.81. The lowest BCUT2D eigenvalue weighted by atomic mass is 10.2. The number of carboxylic acids is 1. The number of rotatable bonds is 5. The Labute approximate surface area is 124 Å². The highest BCUT2D eigenvalue weighted by Gasteiger charge is 2.08. The molecule has 0 spiro atoms. The van der Waals surface area contributed by atoms with Crippen molar-refractivity contribution >= 4 is 28.6 Å². The van der Waals surface area contributed by atoms with Crippen LogP contribution in [0.15, 0.2) is 41.8 Å². The highest BCUT2D eigenvalue weighted by Crippen LogP contribution is 2.23. The molecule has 7 nitrogen and oxygen atoms in total. The molecule has 8 heteroatoms. The first kappa shape index (κ1) is 13.5. The average molecular weight is 301 g/mol. The lowest BCUT2D eigenvalue weighted by Crippen LogP contribution is -2.01. The Kier molecular flexibility index (Phi) is 3.78. The second-order valence-corrected chi connectivity index (χ2v) is 5.30. The van der Waals surface area contributed by atoms with Gasteiger partial charge in [0.25, 0.3) is 0 Å². The summed E-state index contributed by atoms with van der Waals surface area (Å²) in [4.78, 5) is 19.2. The molecule has 0 saturated carbocycles. The van der Waals surface area contributed by atoms with Crippen LogP contribution in [0.25, 0.3) is 10.9 Å². The predicted molar refractivity (Wildman–Crippen MR) is 77.2 cm³/mol. The van der Waals surface area contributed by atoms with Crippen molar-refractivity contribution in [2.45, 2.75) is 11.6 Å². The van der Waals surface area contributed by atoms with Gasteiger partial charge in [0.05, 0.1) is 18.3 Å². The van der Waals surface area contributed by atoms with Crippen LogP contribution in [-0.2, 0) is 6.54 Å².